The minimum Gasteiger partial charge on any atom is -0.306 e. The standard InChI is InChI=1S/C11H9BrClFN2O3/c12-7-2-10(16(18)19)9(3-8(7)14)15-5-6(4-13)1-11(15)17/h2-3,6H,1,4-5H2. The van der Waals surface area contributed by atoms with Crippen molar-refractivity contribution in [2.45, 2.75) is 6.42 Å². The second-order valence-electron chi connectivity index (χ2n) is 4.24. The van der Waals surface area contributed by atoms with Crippen molar-refractivity contribution in [3.8, 4) is 0 Å². The Hall–Kier alpha value is -1.21. The number of halogens is 3. The van der Waals surface area contributed by atoms with Gasteiger partial charge in [0.15, 0.2) is 0 Å². The summed E-state index contributed by atoms with van der Waals surface area (Å²) in [5.74, 6) is -0.714. The topological polar surface area (TPSA) is 63.5 Å². The summed E-state index contributed by atoms with van der Waals surface area (Å²) < 4.78 is 13.5. The van der Waals surface area contributed by atoms with Gasteiger partial charge in [-0.2, -0.15) is 0 Å². The summed E-state index contributed by atoms with van der Waals surface area (Å²) in [5, 5.41) is 11.0. The van der Waals surface area contributed by atoms with E-state index in [1.54, 1.807) is 0 Å². The van der Waals surface area contributed by atoms with Crippen molar-refractivity contribution in [1.29, 1.82) is 0 Å². The summed E-state index contributed by atoms with van der Waals surface area (Å²) in [6, 6.07) is 2.06. The SMILES string of the molecule is O=C1CC(CCl)CN1c1cc(F)c(Br)cc1[N+](=O)[O-]. The van der Waals surface area contributed by atoms with Gasteiger partial charge in [-0.15, -0.1) is 11.6 Å². The fourth-order valence-corrected chi connectivity index (χ4v) is 2.54. The molecule has 1 unspecified atom stereocenters. The van der Waals surface area contributed by atoms with Gasteiger partial charge in [0.05, 0.1) is 9.40 Å². The largest absolute Gasteiger partial charge is 0.306 e. The van der Waals surface area contributed by atoms with Crippen LogP contribution in [0.1, 0.15) is 6.42 Å². The zero-order valence-corrected chi connectivity index (χ0v) is 11.9. The van der Waals surface area contributed by atoms with E-state index in [1.165, 1.54) is 4.90 Å². The van der Waals surface area contributed by atoms with E-state index in [0.717, 1.165) is 12.1 Å². The van der Waals surface area contributed by atoms with Crippen molar-refractivity contribution < 1.29 is 14.1 Å². The number of rotatable bonds is 3. The van der Waals surface area contributed by atoms with Crippen LogP contribution < -0.4 is 4.90 Å². The van der Waals surface area contributed by atoms with Gasteiger partial charge in [0, 0.05) is 31.0 Å². The summed E-state index contributed by atoms with van der Waals surface area (Å²) in [6.45, 7) is 0.268. The fraction of sp³-hybridized carbons (Fsp3) is 0.364. The van der Waals surface area contributed by atoms with Crippen molar-refractivity contribution >= 4 is 44.8 Å². The Labute approximate surface area is 121 Å². The fourth-order valence-electron chi connectivity index (χ4n) is 2.01. The monoisotopic (exact) mass is 350 g/mol. The second-order valence-corrected chi connectivity index (χ2v) is 5.40. The van der Waals surface area contributed by atoms with Crippen LogP contribution in [0.3, 0.4) is 0 Å². The van der Waals surface area contributed by atoms with Crippen molar-refractivity contribution in [1.82, 2.24) is 0 Å². The van der Waals surface area contributed by atoms with Crippen LogP contribution in [0.15, 0.2) is 16.6 Å². The van der Waals surface area contributed by atoms with E-state index in [0.29, 0.717) is 0 Å². The third-order valence-electron chi connectivity index (χ3n) is 2.93. The summed E-state index contributed by atoms with van der Waals surface area (Å²) in [4.78, 5) is 23.4. The Balaban J connectivity index is 2.47. The minimum atomic E-state index is -0.650. The molecule has 8 heteroatoms. The smallest absolute Gasteiger partial charge is 0.294 e. The number of nitro groups is 1. The van der Waals surface area contributed by atoms with Crippen molar-refractivity contribution in [3.05, 3.63) is 32.5 Å². The highest BCUT2D eigenvalue weighted by Crippen LogP contribution is 2.36. The van der Waals surface area contributed by atoms with Gasteiger partial charge >= 0.3 is 0 Å². The third-order valence-corrected chi connectivity index (χ3v) is 3.97. The molecular weight excluding hydrogens is 342 g/mol. The van der Waals surface area contributed by atoms with Crippen molar-refractivity contribution in [2.75, 3.05) is 17.3 Å². The molecule has 1 aromatic carbocycles. The van der Waals surface area contributed by atoms with E-state index in [2.05, 4.69) is 15.9 Å². The lowest BCUT2D eigenvalue weighted by molar-refractivity contribution is -0.384. The van der Waals surface area contributed by atoms with Gasteiger partial charge in [-0.3, -0.25) is 14.9 Å². The van der Waals surface area contributed by atoms with Gasteiger partial charge in [-0.25, -0.2) is 4.39 Å². The molecule has 1 amide bonds. The first-order chi connectivity index (χ1) is 8.93. The van der Waals surface area contributed by atoms with E-state index in [1.807, 2.05) is 0 Å². The number of amides is 1. The van der Waals surface area contributed by atoms with E-state index in [4.69, 9.17) is 11.6 Å². The molecule has 5 nitrogen and oxygen atoms in total. The van der Waals surface area contributed by atoms with Crippen LogP contribution in [-0.2, 0) is 4.79 Å². The number of hydrogen-bond donors (Lipinski definition) is 0. The quantitative estimate of drug-likeness (QED) is 0.477. The number of nitro benzene ring substituents is 1. The van der Waals surface area contributed by atoms with Crippen LogP contribution in [-0.4, -0.2) is 23.3 Å². The van der Waals surface area contributed by atoms with Crippen LogP contribution in [0, 0.1) is 21.8 Å². The maximum atomic E-state index is 13.5. The van der Waals surface area contributed by atoms with Crippen LogP contribution >= 0.6 is 27.5 Å². The molecule has 1 atom stereocenters. The maximum Gasteiger partial charge on any atom is 0.294 e. The Bertz CT molecular complexity index is 555. The molecule has 1 aromatic rings. The number of carbonyl (C=O) groups is 1. The van der Waals surface area contributed by atoms with Gasteiger partial charge in [0.1, 0.15) is 11.5 Å². The first-order valence-corrected chi connectivity index (χ1v) is 6.76. The molecule has 0 bridgehead atoms. The zero-order valence-electron chi connectivity index (χ0n) is 9.61. The molecule has 0 N–H and O–H groups in total. The first-order valence-electron chi connectivity index (χ1n) is 5.43. The molecular formula is C11H9BrClFN2O3. The molecule has 0 aliphatic carbocycles. The molecule has 1 aliphatic heterocycles. The predicted octanol–water partition coefficient (Wildman–Crippen LogP) is 3.09. The summed E-state index contributed by atoms with van der Waals surface area (Å²) in [7, 11) is 0. The molecule has 1 saturated heterocycles. The molecule has 1 aliphatic rings. The molecule has 2 rings (SSSR count). The van der Waals surface area contributed by atoms with E-state index in [9.17, 15) is 19.3 Å². The van der Waals surface area contributed by atoms with E-state index in [-0.39, 0.29) is 46.5 Å². The molecule has 102 valence electrons. The second kappa shape index (κ2) is 5.42. The van der Waals surface area contributed by atoms with Crippen LogP contribution in [0.2, 0.25) is 0 Å². The van der Waals surface area contributed by atoms with E-state index >= 15 is 0 Å². The number of hydrogen-bond acceptors (Lipinski definition) is 3. The molecule has 0 saturated carbocycles. The van der Waals surface area contributed by atoms with Gasteiger partial charge in [0.2, 0.25) is 5.91 Å². The normalized spacial score (nSPS) is 19.0. The van der Waals surface area contributed by atoms with Crippen molar-refractivity contribution in [3.63, 3.8) is 0 Å². The van der Waals surface area contributed by atoms with Gasteiger partial charge < -0.3 is 4.90 Å². The third kappa shape index (κ3) is 2.71. The van der Waals surface area contributed by atoms with Gasteiger partial charge in [-0.1, -0.05) is 0 Å². The number of nitrogens with zero attached hydrogens (tertiary/aromatic N) is 2. The molecule has 0 radical (unpaired) electrons. The van der Waals surface area contributed by atoms with Gasteiger partial charge in [-0.05, 0) is 21.8 Å². The number of carbonyl (C=O) groups excluding carboxylic acids is 1. The minimum absolute atomic E-state index is 0.0107. The number of alkyl halides is 1. The Morgan fingerprint density at radius 3 is 2.79 bits per heavy atom. The lowest BCUT2D eigenvalue weighted by atomic mass is 10.1. The average Bonchev–Trinajstić information content (AvgIpc) is 2.73. The zero-order chi connectivity index (χ0) is 14.2. The molecule has 1 fully saturated rings. The Morgan fingerprint density at radius 2 is 2.26 bits per heavy atom. The molecule has 1 heterocycles. The Kier molecular flexibility index (Phi) is 4.05. The average molecular weight is 352 g/mol. The van der Waals surface area contributed by atoms with Crippen LogP contribution in [0.4, 0.5) is 15.8 Å². The lowest BCUT2D eigenvalue weighted by Gasteiger charge is -2.16. The maximum absolute atomic E-state index is 13.5. The summed E-state index contributed by atoms with van der Waals surface area (Å²) in [6.07, 6.45) is 0.221. The van der Waals surface area contributed by atoms with Crippen LogP contribution in [0.5, 0.6) is 0 Å². The van der Waals surface area contributed by atoms with Gasteiger partial charge in [0.25, 0.3) is 5.69 Å². The highest BCUT2D eigenvalue weighted by atomic mass is 79.9. The highest BCUT2D eigenvalue weighted by molar-refractivity contribution is 9.10. The predicted molar refractivity (Wildman–Crippen MR) is 71.9 cm³/mol. The Morgan fingerprint density at radius 1 is 1.58 bits per heavy atom. The summed E-state index contributed by atoms with van der Waals surface area (Å²) >= 11 is 8.58. The molecule has 0 aromatic heterocycles. The molecule has 0 spiro atoms. The number of benzene rings is 1. The van der Waals surface area contributed by atoms with E-state index < -0.39 is 10.7 Å². The summed E-state index contributed by atoms with van der Waals surface area (Å²) in [5.41, 5.74) is -0.333. The highest BCUT2D eigenvalue weighted by Gasteiger charge is 2.34. The van der Waals surface area contributed by atoms with Crippen molar-refractivity contribution in [2.24, 2.45) is 5.92 Å². The lowest BCUT2D eigenvalue weighted by Crippen LogP contribution is -2.25. The molecule has 19 heavy (non-hydrogen) atoms. The first kappa shape index (κ1) is 14.2. The number of anilines is 1. The van der Waals surface area contributed by atoms with Crippen LogP contribution in [0.25, 0.3) is 0 Å².